The Morgan fingerprint density at radius 2 is 1.89 bits per heavy atom. The molecule has 0 saturated heterocycles. The van der Waals surface area contributed by atoms with Crippen molar-refractivity contribution in [1.29, 1.82) is 0 Å². The lowest BCUT2D eigenvalue weighted by atomic mass is 9.77. The molecule has 0 aromatic carbocycles. The van der Waals surface area contributed by atoms with Crippen molar-refractivity contribution in [2.75, 3.05) is 11.9 Å². The maximum atomic E-state index is 13.9. The number of amides is 1. The zero-order valence-corrected chi connectivity index (χ0v) is 17.7. The Morgan fingerprint density at radius 3 is 2.43 bits per heavy atom. The van der Waals surface area contributed by atoms with E-state index in [4.69, 9.17) is 11.6 Å². The van der Waals surface area contributed by atoms with Gasteiger partial charge in [-0.1, -0.05) is 11.6 Å². The molecular formula is C20H31ClFN3O3. The van der Waals surface area contributed by atoms with Crippen molar-refractivity contribution in [2.45, 2.75) is 76.8 Å². The molecule has 1 aliphatic carbocycles. The van der Waals surface area contributed by atoms with Crippen LogP contribution in [0.4, 0.5) is 10.1 Å². The topological polar surface area (TPSA) is 94.5 Å². The van der Waals surface area contributed by atoms with Gasteiger partial charge in [0.15, 0.2) is 0 Å². The lowest BCUT2D eigenvalue weighted by Crippen LogP contribution is -2.42. The second-order valence-electron chi connectivity index (χ2n) is 8.73. The molecule has 0 aliphatic heterocycles. The maximum absolute atomic E-state index is 13.9. The smallest absolute Gasteiger partial charge is 0.255 e. The van der Waals surface area contributed by atoms with Gasteiger partial charge < -0.3 is 20.8 Å². The summed E-state index contributed by atoms with van der Waals surface area (Å²) in [6.45, 7) is 6.07. The van der Waals surface area contributed by atoms with Gasteiger partial charge in [0.05, 0.1) is 29.0 Å². The fourth-order valence-electron chi connectivity index (χ4n) is 3.42. The minimum Gasteiger partial charge on any atom is -0.390 e. The van der Waals surface area contributed by atoms with Crippen LogP contribution in [0.1, 0.15) is 63.7 Å². The second-order valence-corrected chi connectivity index (χ2v) is 9.12. The SMILES string of the molecule is CC(C)(O)C(F)CNC(=O)c1cnc(Cl)cc1NC1CCC(C(C)(C)O)CC1. The molecule has 158 valence electrons. The second kappa shape index (κ2) is 8.93. The molecule has 0 bridgehead atoms. The average Bonchev–Trinajstić information content (AvgIpc) is 2.58. The first-order chi connectivity index (χ1) is 12.9. The van der Waals surface area contributed by atoms with Crippen LogP contribution in [0.2, 0.25) is 5.15 Å². The van der Waals surface area contributed by atoms with Crippen LogP contribution in [-0.4, -0.2) is 51.1 Å². The highest BCUT2D eigenvalue weighted by Gasteiger charge is 2.32. The van der Waals surface area contributed by atoms with Crippen LogP contribution < -0.4 is 10.6 Å². The van der Waals surface area contributed by atoms with Crippen molar-refractivity contribution in [2.24, 2.45) is 5.92 Å². The fourth-order valence-corrected chi connectivity index (χ4v) is 3.58. The number of hydrogen-bond donors (Lipinski definition) is 4. The summed E-state index contributed by atoms with van der Waals surface area (Å²) in [5.74, 6) is -0.235. The van der Waals surface area contributed by atoms with E-state index >= 15 is 0 Å². The molecule has 1 saturated carbocycles. The number of hydrogen-bond acceptors (Lipinski definition) is 5. The number of carbonyl (C=O) groups excluding carboxylic acids is 1. The van der Waals surface area contributed by atoms with Crippen LogP contribution in [-0.2, 0) is 0 Å². The highest BCUT2D eigenvalue weighted by Crippen LogP contribution is 2.34. The predicted octanol–water partition coefficient (Wildman–Crippen LogP) is 3.32. The Labute approximate surface area is 170 Å². The summed E-state index contributed by atoms with van der Waals surface area (Å²) >= 11 is 6.00. The van der Waals surface area contributed by atoms with E-state index in [0.29, 0.717) is 5.69 Å². The maximum Gasteiger partial charge on any atom is 0.255 e. The Hall–Kier alpha value is -1.44. The molecule has 1 aromatic heterocycles. The van der Waals surface area contributed by atoms with Crippen molar-refractivity contribution in [3.63, 3.8) is 0 Å². The molecule has 1 aromatic rings. The van der Waals surface area contributed by atoms with Crippen molar-refractivity contribution < 1.29 is 19.4 Å². The number of nitrogens with zero attached hydrogens (tertiary/aromatic N) is 1. The quantitative estimate of drug-likeness (QED) is 0.512. The summed E-state index contributed by atoms with van der Waals surface area (Å²) in [5.41, 5.74) is -1.41. The molecule has 1 unspecified atom stereocenters. The molecular weight excluding hydrogens is 385 g/mol. The van der Waals surface area contributed by atoms with Crippen molar-refractivity contribution in [1.82, 2.24) is 10.3 Å². The number of aromatic nitrogens is 1. The minimum atomic E-state index is -1.59. The molecule has 1 amide bonds. The first kappa shape index (κ1) is 22.8. The summed E-state index contributed by atoms with van der Waals surface area (Å²) < 4.78 is 13.9. The summed E-state index contributed by atoms with van der Waals surface area (Å²) in [6.07, 6.45) is 3.26. The molecule has 0 radical (unpaired) electrons. The summed E-state index contributed by atoms with van der Waals surface area (Å²) in [6, 6.07) is 1.73. The number of anilines is 1. The van der Waals surface area contributed by atoms with Crippen molar-refractivity contribution in [3.05, 3.63) is 23.0 Å². The summed E-state index contributed by atoms with van der Waals surface area (Å²) in [5, 5.41) is 26.0. The molecule has 1 aliphatic rings. The van der Waals surface area contributed by atoms with E-state index in [1.54, 1.807) is 6.07 Å². The Balaban J connectivity index is 2.03. The third kappa shape index (κ3) is 6.29. The van der Waals surface area contributed by atoms with Gasteiger partial charge in [0.2, 0.25) is 0 Å². The van der Waals surface area contributed by atoms with Crippen LogP contribution in [0, 0.1) is 5.92 Å². The van der Waals surface area contributed by atoms with Gasteiger partial charge in [0.25, 0.3) is 5.91 Å². The number of carbonyl (C=O) groups is 1. The van der Waals surface area contributed by atoms with Crippen LogP contribution >= 0.6 is 11.6 Å². The number of rotatable bonds is 7. The van der Waals surface area contributed by atoms with Gasteiger partial charge in [-0.3, -0.25) is 4.79 Å². The van der Waals surface area contributed by atoms with Gasteiger partial charge in [-0.25, -0.2) is 9.37 Å². The number of halogens is 2. The highest BCUT2D eigenvalue weighted by atomic mass is 35.5. The molecule has 4 N–H and O–H groups in total. The summed E-state index contributed by atoms with van der Waals surface area (Å²) in [7, 11) is 0. The Kier molecular flexibility index (Phi) is 7.28. The fraction of sp³-hybridized carbons (Fsp3) is 0.700. The van der Waals surface area contributed by atoms with Gasteiger partial charge in [-0.05, 0) is 65.4 Å². The van der Waals surface area contributed by atoms with Crippen molar-refractivity contribution >= 4 is 23.2 Å². The zero-order chi connectivity index (χ0) is 21.1. The van der Waals surface area contributed by atoms with Gasteiger partial charge in [-0.15, -0.1) is 0 Å². The third-order valence-electron chi connectivity index (χ3n) is 5.41. The average molecular weight is 416 g/mol. The summed E-state index contributed by atoms with van der Waals surface area (Å²) in [4.78, 5) is 16.5. The highest BCUT2D eigenvalue weighted by molar-refractivity contribution is 6.29. The van der Waals surface area contributed by atoms with E-state index < -0.39 is 23.3 Å². The van der Waals surface area contributed by atoms with Crippen LogP contribution in [0.15, 0.2) is 12.3 Å². The largest absolute Gasteiger partial charge is 0.390 e. The predicted molar refractivity (Wildman–Crippen MR) is 108 cm³/mol. The standard InChI is InChI=1S/C20H31ClFN3O3/c1-19(2,27)12-5-7-13(8-6-12)25-15-9-17(21)23-10-14(15)18(26)24-11-16(22)20(3,4)28/h9-10,12-13,16,27-28H,5-8,11H2,1-4H3,(H,23,25)(H,24,26). The van der Waals surface area contributed by atoms with Gasteiger partial charge in [0.1, 0.15) is 11.3 Å². The van der Waals surface area contributed by atoms with Gasteiger partial charge in [-0.2, -0.15) is 0 Å². The lowest BCUT2D eigenvalue weighted by Gasteiger charge is -2.36. The van der Waals surface area contributed by atoms with E-state index in [0.717, 1.165) is 25.7 Å². The van der Waals surface area contributed by atoms with Crippen LogP contribution in [0.3, 0.4) is 0 Å². The molecule has 1 atom stereocenters. The third-order valence-corrected chi connectivity index (χ3v) is 5.62. The molecule has 8 heteroatoms. The van der Waals surface area contributed by atoms with E-state index in [1.807, 2.05) is 13.8 Å². The molecule has 2 rings (SSSR count). The number of nitrogens with one attached hydrogen (secondary N) is 2. The van der Waals surface area contributed by atoms with Crippen LogP contribution in [0.5, 0.6) is 0 Å². The molecule has 1 heterocycles. The van der Waals surface area contributed by atoms with E-state index in [2.05, 4.69) is 15.6 Å². The molecule has 28 heavy (non-hydrogen) atoms. The van der Waals surface area contributed by atoms with Crippen molar-refractivity contribution in [3.8, 4) is 0 Å². The normalized spacial score (nSPS) is 21.9. The van der Waals surface area contributed by atoms with Gasteiger partial charge >= 0.3 is 0 Å². The first-order valence-electron chi connectivity index (χ1n) is 9.67. The zero-order valence-electron chi connectivity index (χ0n) is 16.9. The number of pyridine rings is 1. The first-order valence-corrected chi connectivity index (χ1v) is 10.0. The monoisotopic (exact) mass is 415 g/mol. The molecule has 0 spiro atoms. The van der Waals surface area contributed by atoms with E-state index in [1.165, 1.54) is 20.0 Å². The van der Waals surface area contributed by atoms with Gasteiger partial charge in [0, 0.05) is 12.2 Å². The van der Waals surface area contributed by atoms with E-state index in [9.17, 15) is 19.4 Å². The Bertz CT molecular complexity index is 680. The van der Waals surface area contributed by atoms with Crippen LogP contribution in [0.25, 0.3) is 0 Å². The lowest BCUT2D eigenvalue weighted by molar-refractivity contribution is -0.00183. The molecule has 6 nitrogen and oxygen atoms in total. The number of aliphatic hydroxyl groups is 2. The minimum absolute atomic E-state index is 0.147. The Morgan fingerprint density at radius 1 is 1.29 bits per heavy atom. The number of alkyl halides is 1. The van der Waals surface area contributed by atoms with E-state index in [-0.39, 0.29) is 29.2 Å². The molecule has 1 fully saturated rings.